The standard InChI is InChI=1S/C11H13N/c1-3-9-5-4-6-10-7-12-8(2)11(9)10/h3-6,8,12H,1,7H2,2H3/t8-/m0/s1. The molecule has 1 aliphatic heterocycles. The van der Waals surface area contributed by atoms with Crippen LogP contribution in [0, 0.1) is 0 Å². The fourth-order valence-corrected chi connectivity index (χ4v) is 1.86. The van der Waals surface area contributed by atoms with Gasteiger partial charge < -0.3 is 5.32 Å². The minimum Gasteiger partial charge on any atom is -0.306 e. The molecule has 1 N–H and O–H groups in total. The lowest BCUT2D eigenvalue weighted by Gasteiger charge is -2.07. The molecular weight excluding hydrogens is 146 g/mol. The van der Waals surface area contributed by atoms with E-state index >= 15 is 0 Å². The van der Waals surface area contributed by atoms with Crippen molar-refractivity contribution in [3.63, 3.8) is 0 Å². The zero-order valence-corrected chi connectivity index (χ0v) is 7.30. The van der Waals surface area contributed by atoms with Crippen LogP contribution in [0.5, 0.6) is 0 Å². The van der Waals surface area contributed by atoms with E-state index in [1.165, 1.54) is 16.7 Å². The minimum atomic E-state index is 0.481. The third-order valence-electron chi connectivity index (χ3n) is 2.48. The zero-order valence-electron chi connectivity index (χ0n) is 7.30. The van der Waals surface area contributed by atoms with Gasteiger partial charge in [-0.05, 0) is 23.6 Å². The van der Waals surface area contributed by atoms with Crippen LogP contribution in [0.2, 0.25) is 0 Å². The molecule has 2 rings (SSSR count). The molecule has 1 nitrogen and oxygen atoms in total. The first-order valence-corrected chi connectivity index (χ1v) is 4.30. The second-order valence-corrected chi connectivity index (χ2v) is 3.23. The number of rotatable bonds is 1. The molecule has 0 aliphatic carbocycles. The van der Waals surface area contributed by atoms with Gasteiger partial charge in [0, 0.05) is 12.6 Å². The topological polar surface area (TPSA) is 12.0 Å². The predicted molar refractivity (Wildman–Crippen MR) is 51.8 cm³/mol. The van der Waals surface area contributed by atoms with Crippen molar-refractivity contribution in [3.8, 4) is 0 Å². The van der Waals surface area contributed by atoms with Gasteiger partial charge in [-0.15, -0.1) is 0 Å². The summed E-state index contributed by atoms with van der Waals surface area (Å²) in [4.78, 5) is 0. The molecule has 1 aliphatic rings. The highest BCUT2D eigenvalue weighted by Crippen LogP contribution is 2.28. The van der Waals surface area contributed by atoms with Crippen molar-refractivity contribution in [1.29, 1.82) is 0 Å². The fraction of sp³-hybridized carbons (Fsp3) is 0.273. The molecule has 1 atom stereocenters. The first kappa shape index (κ1) is 7.56. The van der Waals surface area contributed by atoms with E-state index < -0.39 is 0 Å². The largest absolute Gasteiger partial charge is 0.306 e. The number of hydrogen-bond acceptors (Lipinski definition) is 1. The van der Waals surface area contributed by atoms with Crippen molar-refractivity contribution < 1.29 is 0 Å². The summed E-state index contributed by atoms with van der Waals surface area (Å²) in [5.41, 5.74) is 4.11. The molecule has 0 spiro atoms. The van der Waals surface area contributed by atoms with Crippen LogP contribution in [0.1, 0.15) is 29.7 Å². The summed E-state index contributed by atoms with van der Waals surface area (Å²) in [5.74, 6) is 0. The zero-order chi connectivity index (χ0) is 8.55. The summed E-state index contributed by atoms with van der Waals surface area (Å²) in [6.07, 6.45) is 1.93. The number of benzene rings is 1. The van der Waals surface area contributed by atoms with Crippen molar-refractivity contribution in [2.75, 3.05) is 0 Å². The van der Waals surface area contributed by atoms with Gasteiger partial charge in [0.15, 0.2) is 0 Å². The molecule has 62 valence electrons. The Morgan fingerprint density at radius 3 is 3.17 bits per heavy atom. The van der Waals surface area contributed by atoms with Crippen LogP contribution in [-0.2, 0) is 6.54 Å². The highest BCUT2D eigenvalue weighted by atomic mass is 14.9. The molecule has 12 heavy (non-hydrogen) atoms. The lowest BCUT2D eigenvalue weighted by molar-refractivity contribution is 0.633. The third kappa shape index (κ3) is 0.978. The van der Waals surface area contributed by atoms with Gasteiger partial charge in [-0.25, -0.2) is 0 Å². The molecule has 0 saturated carbocycles. The van der Waals surface area contributed by atoms with Crippen LogP contribution in [0.25, 0.3) is 6.08 Å². The molecular formula is C11H13N. The number of nitrogens with one attached hydrogen (secondary N) is 1. The SMILES string of the molecule is C=Cc1cccc2c1[C@H](C)NC2. The Labute approximate surface area is 73.1 Å². The molecule has 0 saturated heterocycles. The van der Waals surface area contributed by atoms with E-state index in [9.17, 15) is 0 Å². The predicted octanol–water partition coefficient (Wildman–Crippen LogP) is 2.49. The highest BCUT2D eigenvalue weighted by Gasteiger charge is 2.18. The lowest BCUT2D eigenvalue weighted by Crippen LogP contribution is -2.07. The Hall–Kier alpha value is -1.08. The molecule has 1 aromatic rings. The molecule has 0 bridgehead atoms. The molecule has 0 aromatic heterocycles. The third-order valence-corrected chi connectivity index (χ3v) is 2.48. The lowest BCUT2D eigenvalue weighted by atomic mass is 9.99. The van der Waals surface area contributed by atoms with Crippen molar-refractivity contribution in [2.24, 2.45) is 0 Å². The summed E-state index contributed by atoms with van der Waals surface area (Å²) in [5, 5.41) is 3.41. The van der Waals surface area contributed by atoms with Gasteiger partial charge in [0.25, 0.3) is 0 Å². The van der Waals surface area contributed by atoms with Crippen LogP contribution >= 0.6 is 0 Å². The van der Waals surface area contributed by atoms with Crippen LogP contribution in [0.15, 0.2) is 24.8 Å². The summed E-state index contributed by atoms with van der Waals surface area (Å²) in [7, 11) is 0. The van der Waals surface area contributed by atoms with E-state index in [1.807, 2.05) is 6.08 Å². The van der Waals surface area contributed by atoms with Crippen LogP contribution < -0.4 is 5.32 Å². The van der Waals surface area contributed by atoms with Gasteiger partial charge in [0.2, 0.25) is 0 Å². The van der Waals surface area contributed by atoms with Gasteiger partial charge in [-0.2, -0.15) is 0 Å². The Bertz CT molecular complexity index is 315. The molecule has 0 amide bonds. The van der Waals surface area contributed by atoms with Crippen LogP contribution in [0.3, 0.4) is 0 Å². The van der Waals surface area contributed by atoms with Crippen molar-refractivity contribution in [2.45, 2.75) is 19.5 Å². The maximum atomic E-state index is 3.82. The molecule has 1 heterocycles. The molecule has 0 unspecified atom stereocenters. The van der Waals surface area contributed by atoms with Gasteiger partial charge in [0.05, 0.1) is 0 Å². The van der Waals surface area contributed by atoms with Gasteiger partial charge in [-0.1, -0.05) is 30.9 Å². The van der Waals surface area contributed by atoms with Crippen molar-refractivity contribution in [1.82, 2.24) is 5.32 Å². The second-order valence-electron chi connectivity index (χ2n) is 3.23. The maximum absolute atomic E-state index is 3.82. The second kappa shape index (κ2) is 2.76. The van der Waals surface area contributed by atoms with E-state index in [0.717, 1.165) is 6.54 Å². The Balaban J connectivity index is 2.60. The monoisotopic (exact) mass is 159 g/mol. The summed E-state index contributed by atoms with van der Waals surface area (Å²) in [6, 6.07) is 6.87. The van der Waals surface area contributed by atoms with Gasteiger partial charge in [0.1, 0.15) is 0 Å². The number of hydrogen-bond donors (Lipinski definition) is 1. The molecule has 0 fully saturated rings. The van der Waals surface area contributed by atoms with E-state index in [0.29, 0.717) is 6.04 Å². The first-order chi connectivity index (χ1) is 5.83. The van der Waals surface area contributed by atoms with Crippen LogP contribution in [0.4, 0.5) is 0 Å². The average molecular weight is 159 g/mol. The van der Waals surface area contributed by atoms with E-state index in [2.05, 4.69) is 37.0 Å². The minimum absolute atomic E-state index is 0.481. The van der Waals surface area contributed by atoms with Crippen LogP contribution in [-0.4, -0.2) is 0 Å². The summed E-state index contributed by atoms with van der Waals surface area (Å²) < 4.78 is 0. The first-order valence-electron chi connectivity index (χ1n) is 4.30. The average Bonchev–Trinajstić information content (AvgIpc) is 2.48. The Morgan fingerprint density at radius 2 is 2.42 bits per heavy atom. The van der Waals surface area contributed by atoms with E-state index in [-0.39, 0.29) is 0 Å². The van der Waals surface area contributed by atoms with Crippen molar-refractivity contribution in [3.05, 3.63) is 41.5 Å². The Morgan fingerprint density at radius 1 is 1.58 bits per heavy atom. The smallest absolute Gasteiger partial charge is 0.0304 e. The maximum Gasteiger partial charge on any atom is 0.0304 e. The van der Waals surface area contributed by atoms with E-state index in [1.54, 1.807) is 0 Å². The summed E-state index contributed by atoms with van der Waals surface area (Å²) in [6.45, 7) is 7.01. The molecule has 0 radical (unpaired) electrons. The van der Waals surface area contributed by atoms with Gasteiger partial charge >= 0.3 is 0 Å². The van der Waals surface area contributed by atoms with Crippen molar-refractivity contribution >= 4 is 6.08 Å². The quantitative estimate of drug-likeness (QED) is 0.663. The van der Waals surface area contributed by atoms with Gasteiger partial charge in [-0.3, -0.25) is 0 Å². The fourth-order valence-electron chi connectivity index (χ4n) is 1.86. The highest BCUT2D eigenvalue weighted by molar-refractivity contribution is 5.56. The molecule has 1 heteroatoms. The van der Waals surface area contributed by atoms with E-state index in [4.69, 9.17) is 0 Å². The number of fused-ring (bicyclic) bond motifs is 1. The molecule has 1 aromatic carbocycles. The normalized spacial score (nSPS) is 20.6. The Kier molecular flexibility index (Phi) is 1.74. The summed E-state index contributed by atoms with van der Waals surface area (Å²) >= 11 is 0.